The minimum atomic E-state index is -1.01. The van der Waals surface area contributed by atoms with Gasteiger partial charge in [0.15, 0.2) is 0 Å². The Hall–Kier alpha value is -1.80. The maximum atomic E-state index is 10.0. The highest BCUT2D eigenvalue weighted by atomic mass is 32.1. The van der Waals surface area contributed by atoms with Crippen LogP contribution in [0.25, 0.3) is 0 Å². The molecule has 90 valence electrons. The number of nitrogens with zero attached hydrogens (tertiary/aromatic N) is 4. The van der Waals surface area contributed by atoms with E-state index in [1.165, 1.54) is 20.4 Å². The van der Waals surface area contributed by atoms with Crippen molar-refractivity contribution in [2.75, 3.05) is 14.2 Å². The summed E-state index contributed by atoms with van der Waals surface area (Å²) >= 11 is 1.15. The van der Waals surface area contributed by atoms with Crippen LogP contribution in [0.5, 0.6) is 11.8 Å². The molecule has 0 saturated heterocycles. The van der Waals surface area contributed by atoms with Crippen molar-refractivity contribution in [3.8, 4) is 11.8 Å². The van der Waals surface area contributed by atoms with E-state index in [1.54, 1.807) is 5.38 Å². The maximum Gasteiger partial charge on any atom is 0.241 e. The Bertz CT molecular complexity index is 491. The van der Waals surface area contributed by atoms with Gasteiger partial charge in [-0.05, 0) is 11.5 Å². The number of rotatable bonds is 4. The molecule has 1 atom stereocenters. The van der Waals surface area contributed by atoms with Gasteiger partial charge in [-0.15, -0.1) is 5.10 Å². The summed E-state index contributed by atoms with van der Waals surface area (Å²) < 4.78 is 13.6. The Morgan fingerprint density at radius 2 is 2.18 bits per heavy atom. The second-order valence-electron chi connectivity index (χ2n) is 3.04. The van der Waals surface area contributed by atoms with E-state index in [2.05, 4.69) is 19.6 Å². The molecule has 0 aliphatic rings. The molecule has 7 nitrogen and oxygen atoms in total. The molecule has 1 unspecified atom stereocenters. The van der Waals surface area contributed by atoms with Crippen LogP contribution in [-0.4, -0.2) is 38.9 Å². The van der Waals surface area contributed by atoms with Crippen LogP contribution in [0.15, 0.2) is 11.6 Å². The normalized spacial score (nSPS) is 12.2. The van der Waals surface area contributed by atoms with Gasteiger partial charge in [0, 0.05) is 5.38 Å². The van der Waals surface area contributed by atoms with E-state index < -0.39 is 6.10 Å². The molecule has 1 N–H and O–H groups in total. The molecule has 0 spiro atoms. The van der Waals surface area contributed by atoms with E-state index in [9.17, 15) is 5.11 Å². The number of aromatic nitrogens is 4. The summed E-state index contributed by atoms with van der Waals surface area (Å²) in [5.74, 6) is 0.513. The van der Waals surface area contributed by atoms with Crippen LogP contribution in [0.3, 0.4) is 0 Å². The fourth-order valence-corrected chi connectivity index (χ4v) is 1.71. The molecule has 2 aromatic rings. The Labute approximate surface area is 101 Å². The third kappa shape index (κ3) is 2.32. The van der Waals surface area contributed by atoms with E-state index >= 15 is 0 Å². The Balaban J connectivity index is 2.38. The number of hydrogen-bond donors (Lipinski definition) is 1. The number of aliphatic hydroxyl groups is 1. The Kier molecular flexibility index (Phi) is 3.45. The molecule has 0 aliphatic carbocycles. The van der Waals surface area contributed by atoms with Gasteiger partial charge >= 0.3 is 0 Å². The first-order valence-electron chi connectivity index (χ1n) is 4.66. The van der Waals surface area contributed by atoms with E-state index in [0.29, 0.717) is 11.6 Å². The van der Waals surface area contributed by atoms with Crippen LogP contribution < -0.4 is 9.47 Å². The molecule has 0 fully saturated rings. The zero-order valence-corrected chi connectivity index (χ0v) is 10.0. The summed E-state index contributed by atoms with van der Waals surface area (Å²) in [6.07, 6.45) is 0.392. The minimum Gasteiger partial charge on any atom is -0.480 e. The summed E-state index contributed by atoms with van der Waals surface area (Å²) in [7, 11) is 2.92. The van der Waals surface area contributed by atoms with Crippen molar-refractivity contribution >= 4 is 11.5 Å². The third-order valence-electron chi connectivity index (χ3n) is 2.06. The van der Waals surface area contributed by atoms with Crippen molar-refractivity contribution in [1.29, 1.82) is 0 Å². The second-order valence-corrected chi connectivity index (χ2v) is 3.65. The van der Waals surface area contributed by atoms with E-state index in [4.69, 9.17) is 9.47 Å². The highest BCUT2D eigenvalue weighted by Crippen LogP contribution is 2.27. The largest absolute Gasteiger partial charge is 0.480 e. The van der Waals surface area contributed by atoms with Gasteiger partial charge in [-0.2, -0.15) is 4.98 Å². The third-order valence-corrected chi connectivity index (χ3v) is 2.59. The van der Waals surface area contributed by atoms with Crippen LogP contribution in [0.2, 0.25) is 0 Å². The molecular formula is C9H10N4O3S. The molecular weight excluding hydrogens is 244 g/mol. The molecule has 8 heteroatoms. The monoisotopic (exact) mass is 254 g/mol. The standard InChI is InChI=1S/C9H10N4O3S/c1-15-6-3-10-7(9(11-6)16-2)8(14)5-4-17-13-12-5/h3-4,8,14H,1-2H3. The molecule has 2 rings (SSSR count). The predicted molar refractivity (Wildman–Crippen MR) is 59.1 cm³/mol. The molecule has 0 aliphatic heterocycles. The zero-order valence-electron chi connectivity index (χ0n) is 9.19. The molecule has 2 heterocycles. The van der Waals surface area contributed by atoms with Crippen LogP contribution in [0.4, 0.5) is 0 Å². The highest BCUT2D eigenvalue weighted by Gasteiger charge is 2.21. The first kappa shape index (κ1) is 11.7. The van der Waals surface area contributed by atoms with Gasteiger partial charge in [0.2, 0.25) is 11.8 Å². The summed E-state index contributed by atoms with van der Waals surface area (Å²) in [6, 6.07) is 0. The lowest BCUT2D eigenvalue weighted by atomic mass is 10.2. The van der Waals surface area contributed by atoms with Crippen molar-refractivity contribution in [3.05, 3.63) is 23.0 Å². The van der Waals surface area contributed by atoms with Gasteiger partial charge in [-0.25, -0.2) is 4.98 Å². The fraction of sp³-hybridized carbons (Fsp3) is 0.333. The quantitative estimate of drug-likeness (QED) is 0.845. The molecule has 17 heavy (non-hydrogen) atoms. The van der Waals surface area contributed by atoms with Crippen molar-refractivity contribution in [2.24, 2.45) is 0 Å². The van der Waals surface area contributed by atoms with Crippen LogP contribution in [-0.2, 0) is 0 Å². The lowest BCUT2D eigenvalue weighted by Crippen LogP contribution is -2.07. The number of hydrogen-bond acceptors (Lipinski definition) is 8. The van der Waals surface area contributed by atoms with Crippen LogP contribution >= 0.6 is 11.5 Å². The van der Waals surface area contributed by atoms with Crippen LogP contribution in [0, 0.1) is 0 Å². The first-order chi connectivity index (χ1) is 8.26. The van der Waals surface area contributed by atoms with Gasteiger partial charge < -0.3 is 14.6 Å². The van der Waals surface area contributed by atoms with Crippen molar-refractivity contribution in [2.45, 2.75) is 6.10 Å². The van der Waals surface area contributed by atoms with Gasteiger partial charge in [-0.1, -0.05) is 4.49 Å². The Morgan fingerprint density at radius 3 is 2.76 bits per heavy atom. The van der Waals surface area contributed by atoms with Crippen molar-refractivity contribution < 1.29 is 14.6 Å². The summed E-state index contributed by atoms with van der Waals surface area (Å²) in [6.45, 7) is 0. The van der Waals surface area contributed by atoms with Crippen molar-refractivity contribution in [3.63, 3.8) is 0 Å². The zero-order chi connectivity index (χ0) is 12.3. The lowest BCUT2D eigenvalue weighted by Gasteiger charge is -2.11. The van der Waals surface area contributed by atoms with E-state index in [-0.39, 0.29) is 11.6 Å². The Morgan fingerprint density at radius 1 is 1.35 bits per heavy atom. The maximum absolute atomic E-state index is 10.0. The first-order valence-corrected chi connectivity index (χ1v) is 5.50. The molecule has 0 radical (unpaired) electrons. The topological polar surface area (TPSA) is 90.2 Å². The summed E-state index contributed by atoms with van der Waals surface area (Å²) in [4.78, 5) is 8.08. The molecule has 0 aromatic carbocycles. The summed E-state index contributed by atoms with van der Waals surface area (Å²) in [5, 5.41) is 15.4. The number of ether oxygens (including phenoxy) is 2. The fourth-order valence-electron chi connectivity index (χ4n) is 1.23. The molecule has 0 saturated carbocycles. The van der Waals surface area contributed by atoms with Gasteiger partial charge in [0.1, 0.15) is 17.5 Å². The van der Waals surface area contributed by atoms with Gasteiger partial charge in [-0.3, -0.25) is 0 Å². The minimum absolute atomic E-state index is 0.199. The SMILES string of the molecule is COc1cnc(C(O)c2csnn2)c(OC)n1. The highest BCUT2D eigenvalue weighted by molar-refractivity contribution is 7.03. The smallest absolute Gasteiger partial charge is 0.241 e. The van der Waals surface area contributed by atoms with E-state index in [1.807, 2.05) is 0 Å². The predicted octanol–water partition coefficient (Wildman–Crippen LogP) is 0.427. The number of aliphatic hydroxyl groups excluding tert-OH is 1. The molecule has 0 amide bonds. The average molecular weight is 254 g/mol. The van der Waals surface area contributed by atoms with Crippen molar-refractivity contribution in [1.82, 2.24) is 19.6 Å². The lowest BCUT2D eigenvalue weighted by molar-refractivity contribution is 0.202. The van der Waals surface area contributed by atoms with E-state index in [0.717, 1.165) is 11.5 Å². The number of methoxy groups -OCH3 is 2. The molecule has 0 bridgehead atoms. The second kappa shape index (κ2) is 5.02. The summed E-state index contributed by atoms with van der Waals surface area (Å²) in [5.41, 5.74) is 0.689. The molecule has 2 aromatic heterocycles. The van der Waals surface area contributed by atoms with Crippen LogP contribution in [0.1, 0.15) is 17.5 Å². The van der Waals surface area contributed by atoms with Gasteiger partial charge in [0.25, 0.3) is 0 Å². The van der Waals surface area contributed by atoms with Gasteiger partial charge in [0.05, 0.1) is 20.4 Å². The average Bonchev–Trinajstić information content (AvgIpc) is 2.91.